The number of hydrogen-bond acceptors (Lipinski definition) is 2. The van der Waals surface area contributed by atoms with E-state index in [1.807, 2.05) is 6.07 Å². The zero-order chi connectivity index (χ0) is 9.26. The van der Waals surface area contributed by atoms with E-state index in [4.69, 9.17) is 10.8 Å². The van der Waals surface area contributed by atoms with Gasteiger partial charge in [-0.1, -0.05) is 18.2 Å². The largest absolute Gasteiger partial charge is 0.516 e. The fraction of sp³-hybridized carbons (Fsp3) is 0.273. The van der Waals surface area contributed by atoms with Gasteiger partial charge in [0.1, 0.15) is 0 Å². The summed E-state index contributed by atoms with van der Waals surface area (Å²) in [6.07, 6.45) is 4.85. The molecule has 0 saturated heterocycles. The Morgan fingerprint density at radius 1 is 1.40 bits per heavy atom. The fourth-order valence-corrected chi connectivity index (χ4v) is 1.86. The van der Waals surface area contributed by atoms with Gasteiger partial charge in [-0.3, -0.25) is 0 Å². The van der Waals surface area contributed by atoms with Crippen molar-refractivity contribution in [1.82, 2.24) is 0 Å². The Morgan fingerprint density at radius 3 is 2.80 bits per heavy atom. The fourth-order valence-electron chi connectivity index (χ4n) is 1.86. The second-order valence-electron chi connectivity index (χ2n) is 3.42. The maximum absolute atomic E-state index is 8.61. The molecule has 1 aliphatic rings. The van der Waals surface area contributed by atoms with Crippen molar-refractivity contribution in [1.29, 1.82) is 0 Å². The zero-order valence-corrected chi connectivity index (χ0v) is 11.3. The van der Waals surface area contributed by atoms with Crippen molar-refractivity contribution >= 4 is 6.08 Å². The molecule has 1 aliphatic carbocycles. The maximum Gasteiger partial charge on any atom is 0.0797 e. The van der Waals surface area contributed by atoms with Gasteiger partial charge < -0.3 is 16.3 Å². The van der Waals surface area contributed by atoms with Crippen molar-refractivity contribution in [3.63, 3.8) is 0 Å². The zero-order valence-electron chi connectivity index (χ0n) is 8.48. The van der Waals surface area contributed by atoms with Crippen LogP contribution in [-0.4, -0.2) is 10.6 Å². The first-order chi connectivity index (χ1) is 6.31. The second-order valence-corrected chi connectivity index (χ2v) is 3.42. The molecule has 0 aromatic heterocycles. The molecule has 0 saturated carbocycles. The maximum atomic E-state index is 8.61. The molecule has 79 valence electrons. The quantitative estimate of drug-likeness (QED) is 0.762. The van der Waals surface area contributed by atoms with E-state index in [9.17, 15) is 0 Å². The third-order valence-corrected chi connectivity index (χ3v) is 2.56. The van der Waals surface area contributed by atoms with Crippen molar-refractivity contribution in [2.45, 2.75) is 18.9 Å². The monoisotopic (exact) mass is 282 g/mol. The van der Waals surface area contributed by atoms with Gasteiger partial charge in [-0.25, -0.2) is 0 Å². The molecule has 0 spiro atoms. The third kappa shape index (κ3) is 3.12. The predicted molar refractivity (Wildman–Crippen MR) is 57.0 cm³/mol. The molecular weight excluding hydrogens is 267 g/mol. The molecule has 1 aromatic rings. The molecule has 4 heteroatoms. The molecule has 1 aromatic carbocycles. The van der Waals surface area contributed by atoms with Crippen molar-refractivity contribution in [2.75, 3.05) is 0 Å². The first-order valence-corrected chi connectivity index (χ1v) is 4.50. The minimum atomic E-state index is 0. The van der Waals surface area contributed by atoms with Crippen LogP contribution in [0.25, 0.3) is 6.08 Å². The summed E-state index contributed by atoms with van der Waals surface area (Å²) < 4.78 is 0. The molecule has 1 atom stereocenters. The number of benzene rings is 1. The number of aliphatic hydroxyl groups excluding tert-OH is 1. The van der Waals surface area contributed by atoms with Gasteiger partial charge in [-0.2, -0.15) is 0 Å². The van der Waals surface area contributed by atoms with Crippen molar-refractivity contribution in [3.05, 3.63) is 41.2 Å². The van der Waals surface area contributed by atoms with Gasteiger partial charge in [0.15, 0.2) is 0 Å². The molecule has 15 heavy (non-hydrogen) atoms. The Morgan fingerprint density at radius 2 is 2.13 bits per heavy atom. The summed E-state index contributed by atoms with van der Waals surface area (Å²) in [4.78, 5) is 0. The number of hydrogen-bond donors (Lipinski definition) is 2. The Hall–Kier alpha value is -0.216. The van der Waals surface area contributed by atoms with E-state index in [0.717, 1.165) is 24.7 Å². The average molecular weight is 282 g/mol. The van der Waals surface area contributed by atoms with Crippen LogP contribution in [0.3, 0.4) is 0 Å². The Bertz CT molecular complexity index is 352. The summed E-state index contributed by atoms with van der Waals surface area (Å²) in [5.41, 5.74) is 9.52. The van der Waals surface area contributed by atoms with E-state index in [-0.39, 0.29) is 44.2 Å². The van der Waals surface area contributed by atoms with Crippen LogP contribution >= 0.6 is 0 Å². The van der Waals surface area contributed by atoms with Gasteiger partial charge in [0.05, 0.1) is 6.26 Å². The van der Waals surface area contributed by atoms with Gasteiger partial charge in [-0.15, -0.1) is 0 Å². The standard InChI is InChI=1S/C11H13NO.H2O.Y/c12-11-4-2-9-7-8(5-6-13)1-3-10(9)11;;/h1,3,5-7,11,13H,2,4,12H2;1H2;/b6-5+;;. The van der Waals surface area contributed by atoms with E-state index >= 15 is 0 Å². The minimum Gasteiger partial charge on any atom is -0.516 e. The molecule has 2 rings (SSSR count). The summed E-state index contributed by atoms with van der Waals surface area (Å²) in [5, 5.41) is 8.61. The van der Waals surface area contributed by atoms with Crippen LogP contribution in [-0.2, 0) is 39.1 Å². The number of rotatable bonds is 1. The average Bonchev–Trinajstić information content (AvgIpc) is 2.48. The first kappa shape index (κ1) is 14.8. The van der Waals surface area contributed by atoms with E-state index < -0.39 is 0 Å². The Kier molecular flexibility index (Phi) is 6.29. The third-order valence-electron chi connectivity index (χ3n) is 2.56. The Labute approximate surface area is 115 Å². The van der Waals surface area contributed by atoms with Crippen LogP contribution in [0.4, 0.5) is 0 Å². The molecular formula is C11H15NO2Y. The summed E-state index contributed by atoms with van der Waals surface area (Å²) in [6.45, 7) is 0. The van der Waals surface area contributed by atoms with Crippen LogP contribution in [0.1, 0.15) is 29.2 Å². The topological polar surface area (TPSA) is 77.8 Å². The van der Waals surface area contributed by atoms with Gasteiger partial charge in [0, 0.05) is 38.8 Å². The number of fused-ring (bicyclic) bond motifs is 1. The predicted octanol–water partition coefficient (Wildman–Crippen LogP) is 1.33. The van der Waals surface area contributed by atoms with Crippen LogP contribution in [0.5, 0.6) is 0 Å². The molecule has 0 aliphatic heterocycles. The minimum absolute atomic E-state index is 0. The Balaban J connectivity index is 0.000000980. The summed E-state index contributed by atoms with van der Waals surface area (Å²) in [5.74, 6) is 0. The first-order valence-electron chi connectivity index (χ1n) is 4.50. The SMILES string of the molecule is NC1CCc2cc(/C=C/O)ccc21.O.[Y]. The summed E-state index contributed by atoms with van der Waals surface area (Å²) >= 11 is 0. The van der Waals surface area contributed by atoms with E-state index in [2.05, 4.69) is 12.1 Å². The van der Waals surface area contributed by atoms with Crippen molar-refractivity contribution in [2.24, 2.45) is 5.73 Å². The van der Waals surface area contributed by atoms with Gasteiger partial charge in [0.25, 0.3) is 0 Å². The van der Waals surface area contributed by atoms with E-state index in [0.29, 0.717) is 0 Å². The molecule has 0 amide bonds. The van der Waals surface area contributed by atoms with Crippen LogP contribution in [0.2, 0.25) is 0 Å². The second kappa shape index (κ2) is 6.38. The van der Waals surface area contributed by atoms with E-state index in [1.165, 1.54) is 11.1 Å². The van der Waals surface area contributed by atoms with Crippen molar-refractivity contribution < 1.29 is 43.3 Å². The molecule has 0 fully saturated rings. The molecule has 1 unspecified atom stereocenters. The molecule has 0 bridgehead atoms. The number of aryl methyl sites for hydroxylation is 1. The van der Waals surface area contributed by atoms with E-state index in [1.54, 1.807) is 6.08 Å². The van der Waals surface area contributed by atoms with Crippen LogP contribution in [0.15, 0.2) is 24.5 Å². The summed E-state index contributed by atoms with van der Waals surface area (Å²) in [7, 11) is 0. The van der Waals surface area contributed by atoms with Gasteiger partial charge >= 0.3 is 0 Å². The van der Waals surface area contributed by atoms with Gasteiger partial charge in [0.2, 0.25) is 0 Å². The summed E-state index contributed by atoms with van der Waals surface area (Å²) in [6, 6.07) is 6.34. The number of nitrogens with two attached hydrogens (primary N) is 1. The van der Waals surface area contributed by atoms with Gasteiger partial charge in [-0.05, 0) is 35.6 Å². The molecule has 0 heterocycles. The molecule has 5 N–H and O–H groups in total. The van der Waals surface area contributed by atoms with Crippen molar-refractivity contribution in [3.8, 4) is 0 Å². The smallest absolute Gasteiger partial charge is 0.0797 e. The van der Waals surface area contributed by atoms with Crippen LogP contribution in [0, 0.1) is 0 Å². The number of aliphatic hydroxyl groups is 1. The normalized spacial score (nSPS) is 18.1. The van der Waals surface area contributed by atoms with Crippen LogP contribution < -0.4 is 5.73 Å². The molecule has 1 radical (unpaired) electrons. The molecule has 3 nitrogen and oxygen atoms in total.